The first-order valence-corrected chi connectivity index (χ1v) is 12.5. The second kappa shape index (κ2) is 12.9. The van der Waals surface area contributed by atoms with Crippen molar-refractivity contribution in [3.63, 3.8) is 0 Å². The number of aliphatic hydroxyl groups excluding tert-OH is 1. The highest BCUT2D eigenvalue weighted by molar-refractivity contribution is 5.76. The van der Waals surface area contributed by atoms with Crippen LogP contribution in [0, 0.1) is 0 Å². The van der Waals surface area contributed by atoms with Crippen molar-refractivity contribution in [2.24, 2.45) is 0 Å². The van der Waals surface area contributed by atoms with Crippen molar-refractivity contribution in [2.45, 2.75) is 76.7 Å². The summed E-state index contributed by atoms with van der Waals surface area (Å²) in [6.45, 7) is 4.88. The molecule has 0 bridgehead atoms. The maximum Gasteiger partial charge on any atom is 0.339 e. The predicted molar refractivity (Wildman–Crippen MR) is 130 cm³/mol. The molecule has 0 aliphatic heterocycles. The van der Waals surface area contributed by atoms with Crippen LogP contribution in [-0.2, 0) is 16.0 Å². The number of carbonyl (C=O) groups is 1. The molecule has 35 heavy (non-hydrogen) atoms. The van der Waals surface area contributed by atoms with Gasteiger partial charge in [0.25, 0.3) is 0 Å². The third-order valence-corrected chi connectivity index (χ3v) is 6.29. The Kier molecular flexibility index (Phi) is 9.90. The van der Waals surface area contributed by atoms with Crippen molar-refractivity contribution < 1.29 is 32.9 Å². The number of esters is 1. The Morgan fingerprint density at radius 2 is 1.83 bits per heavy atom. The zero-order valence-corrected chi connectivity index (χ0v) is 20.6. The van der Waals surface area contributed by atoms with E-state index in [9.17, 15) is 18.7 Å². The van der Waals surface area contributed by atoms with Crippen LogP contribution in [0.1, 0.15) is 81.1 Å². The number of halogens is 2. The van der Waals surface area contributed by atoms with Crippen LogP contribution in [0.4, 0.5) is 8.78 Å². The lowest BCUT2D eigenvalue weighted by atomic mass is 9.81. The zero-order chi connectivity index (χ0) is 25.3. The van der Waals surface area contributed by atoms with Crippen LogP contribution < -0.4 is 9.47 Å². The summed E-state index contributed by atoms with van der Waals surface area (Å²) in [6.07, 6.45) is 2.12. The van der Waals surface area contributed by atoms with Gasteiger partial charge in [-0.2, -0.15) is 0 Å². The molecule has 0 aromatic heterocycles. The summed E-state index contributed by atoms with van der Waals surface area (Å²) in [4.78, 5) is 11.7. The van der Waals surface area contributed by atoms with E-state index in [4.69, 9.17) is 14.2 Å². The van der Waals surface area contributed by atoms with Gasteiger partial charge in [-0.25, -0.2) is 13.6 Å². The highest BCUT2D eigenvalue weighted by Crippen LogP contribution is 2.41. The number of hydrogen-bond donors (Lipinski definition) is 1. The molecule has 5 nitrogen and oxygen atoms in total. The second-order valence-corrected chi connectivity index (χ2v) is 9.02. The van der Waals surface area contributed by atoms with E-state index >= 15 is 0 Å². The standard InChI is InChI=1S/C28H36F2O5/c1-3-7-22-18-21(20-12-14-28(29,30)15-13-20)10-11-25(22)35-17-6-16-34-24-9-5-8-23(19-24)26(31)27(32)33-4-2/h5,8-11,18-20,26,31H,3-4,6-7,12-17H2,1-2H3/t26-/m1/s1. The predicted octanol–water partition coefficient (Wildman–Crippen LogP) is 6.38. The van der Waals surface area contributed by atoms with Crippen molar-refractivity contribution in [3.8, 4) is 11.5 Å². The molecule has 2 aromatic carbocycles. The molecule has 0 unspecified atom stereocenters. The SMILES string of the molecule is CCCc1cc(C2CCC(F)(F)CC2)ccc1OCCCOc1cccc([C@@H](O)C(=O)OCC)c1. The number of carbonyl (C=O) groups excluding carboxylic acids is 1. The summed E-state index contributed by atoms with van der Waals surface area (Å²) >= 11 is 0. The Balaban J connectivity index is 1.49. The molecule has 0 radical (unpaired) electrons. The molecule has 1 aliphatic rings. The minimum absolute atomic E-state index is 0.0380. The Labute approximate surface area is 206 Å². The highest BCUT2D eigenvalue weighted by atomic mass is 19.3. The van der Waals surface area contributed by atoms with Crippen molar-refractivity contribution in [1.82, 2.24) is 0 Å². The van der Waals surface area contributed by atoms with Gasteiger partial charge in [0, 0.05) is 19.3 Å². The molecule has 192 valence electrons. The molecule has 0 amide bonds. The first kappa shape index (κ1) is 26.9. The second-order valence-electron chi connectivity index (χ2n) is 9.02. The first-order valence-electron chi connectivity index (χ1n) is 12.5. The molecule has 3 rings (SSSR count). The van der Waals surface area contributed by atoms with Gasteiger partial charge >= 0.3 is 5.97 Å². The van der Waals surface area contributed by atoms with Crippen molar-refractivity contribution >= 4 is 5.97 Å². The van der Waals surface area contributed by atoms with Crippen LogP contribution in [0.5, 0.6) is 11.5 Å². The van der Waals surface area contributed by atoms with Crippen molar-refractivity contribution in [1.29, 1.82) is 0 Å². The van der Waals surface area contributed by atoms with Crippen LogP contribution in [0.25, 0.3) is 0 Å². The Hall–Kier alpha value is -2.67. The lowest BCUT2D eigenvalue weighted by molar-refractivity contribution is -0.153. The first-order chi connectivity index (χ1) is 16.8. The van der Waals surface area contributed by atoms with Gasteiger partial charge in [0.2, 0.25) is 5.92 Å². The lowest BCUT2D eigenvalue weighted by Gasteiger charge is -2.29. The van der Waals surface area contributed by atoms with E-state index in [1.54, 1.807) is 31.2 Å². The van der Waals surface area contributed by atoms with E-state index in [0.717, 1.165) is 29.7 Å². The van der Waals surface area contributed by atoms with Gasteiger partial charge in [-0.3, -0.25) is 0 Å². The van der Waals surface area contributed by atoms with E-state index in [-0.39, 0.29) is 25.4 Å². The summed E-state index contributed by atoms with van der Waals surface area (Å²) < 4.78 is 43.7. The molecule has 2 aromatic rings. The molecule has 7 heteroatoms. The van der Waals surface area contributed by atoms with Gasteiger partial charge in [-0.15, -0.1) is 0 Å². The Morgan fingerprint density at radius 1 is 1.09 bits per heavy atom. The number of rotatable bonds is 12. The third-order valence-electron chi connectivity index (χ3n) is 6.29. The van der Waals surface area contributed by atoms with Crippen LogP contribution >= 0.6 is 0 Å². The summed E-state index contributed by atoms with van der Waals surface area (Å²) in [5, 5.41) is 10.1. The Bertz CT molecular complexity index is 952. The quantitative estimate of drug-likeness (QED) is 0.276. The molecular weight excluding hydrogens is 454 g/mol. The molecule has 0 heterocycles. The summed E-state index contributed by atoms with van der Waals surface area (Å²) in [7, 11) is 0. The van der Waals surface area contributed by atoms with Crippen LogP contribution in [0.15, 0.2) is 42.5 Å². The van der Waals surface area contributed by atoms with Crippen LogP contribution in [-0.4, -0.2) is 36.8 Å². The average molecular weight is 491 g/mol. The maximum atomic E-state index is 13.5. The molecular formula is C28H36F2O5. The average Bonchev–Trinajstić information content (AvgIpc) is 2.84. The Morgan fingerprint density at radius 3 is 2.54 bits per heavy atom. The highest BCUT2D eigenvalue weighted by Gasteiger charge is 2.35. The monoisotopic (exact) mass is 490 g/mol. The molecule has 0 saturated heterocycles. The van der Waals surface area contributed by atoms with Crippen molar-refractivity contribution in [3.05, 3.63) is 59.2 Å². The number of ether oxygens (including phenoxy) is 3. The lowest BCUT2D eigenvalue weighted by Crippen LogP contribution is -2.23. The van der Waals surface area contributed by atoms with E-state index in [1.807, 2.05) is 12.1 Å². The number of aliphatic hydroxyl groups is 1. The number of benzene rings is 2. The summed E-state index contributed by atoms with van der Waals surface area (Å²) in [5.74, 6) is -1.63. The zero-order valence-electron chi connectivity index (χ0n) is 20.6. The summed E-state index contributed by atoms with van der Waals surface area (Å²) in [5.41, 5.74) is 2.66. The number of aryl methyl sites for hydroxylation is 1. The van der Waals surface area contributed by atoms with Crippen molar-refractivity contribution in [2.75, 3.05) is 19.8 Å². The van der Waals surface area contributed by atoms with E-state index < -0.39 is 18.0 Å². The minimum Gasteiger partial charge on any atom is -0.493 e. The van der Waals surface area contributed by atoms with Gasteiger partial charge < -0.3 is 19.3 Å². The molecule has 1 aliphatic carbocycles. The minimum atomic E-state index is -2.52. The maximum absolute atomic E-state index is 13.5. The van der Waals surface area contributed by atoms with Gasteiger partial charge in [0.05, 0.1) is 19.8 Å². The summed E-state index contributed by atoms with van der Waals surface area (Å²) in [6, 6.07) is 12.9. The van der Waals surface area contributed by atoms with Gasteiger partial charge in [-0.05, 0) is 67.0 Å². The fraction of sp³-hybridized carbons (Fsp3) is 0.536. The fourth-order valence-electron chi connectivity index (χ4n) is 4.40. The van der Waals surface area contributed by atoms with Gasteiger partial charge in [-0.1, -0.05) is 37.6 Å². The molecule has 0 spiro atoms. The van der Waals surface area contributed by atoms with E-state index in [2.05, 4.69) is 13.0 Å². The normalized spacial score (nSPS) is 16.5. The van der Waals surface area contributed by atoms with Gasteiger partial charge in [0.15, 0.2) is 6.10 Å². The van der Waals surface area contributed by atoms with E-state index in [0.29, 0.717) is 43.8 Å². The van der Waals surface area contributed by atoms with Crippen LogP contribution in [0.3, 0.4) is 0 Å². The molecule has 1 N–H and O–H groups in total. The van der Waals surface area contributed by atoms with Gasteiger partial charge in [0.1, 0.15) is 11.5 Å². The third kappa shape index (κ3) is 7.92. The van der Waals surface area contributed by atoms with E-state index in [1.165, 1.54) is 0 Å². The fourth-order valence-corrected chi connectivity index (χ4v) is 4.40. The largest absolute Gasteiger partial charge is 0.493 e. The topological polar surface area (TPSA) is 65.0 Å². The molecule has 1 saturated carbocycles. The van der Waals surface area contributed by atoms with Crippen LogP contribution in [0.2, 0.25) is 0 Å². The smallest absolute Gasteiger partial charge is 0.339 e. The molecule has 1 atom stereocenters. The number of alkyl halides is 2. The molecule has 1 fully saturated rings. The number of hydrogen-bond acceptors (Lipinski definition) is 5.